The molecule has 0 aromatic heterocycles. The maximum absolute atomic E-state index is 13.7. The summed E-state index contributed by atoms with van der Waals surface area (Å²) in [5.41, 5.74) is 4.25. The molecule has 0 aliphatic heterocycles. The van der Waals surface area contributed by atoms with Crippen molar-refractivity contribution in [3.8, 4) is 0 Å². The Morgan fingerprint density at radius 1 is 0.944 bits per heavy atom. The van der Waals surface area contributed by atoms with Crippen LogP contribution in [-0.2, 0) is 28.3 Å². The molecule has 0 aliphatic rings. The van der Waals surface area contributed by atoms with Crippen LogP contribution in [-0.4, -0.2) is 34.6 Å². The van der Waals surface area contributed by atoms with Crippen molar-refractivity contribution in [3.05, 3.63) is 106 Å². The molecule has 2 amide bonds. The van der Waals surface area contributed by atoms with Gasteiger partial charge in [0, 0.05) is 29.8 Å². The third-order valence-electron chi connectivity index (χ3n) is 6.13. The minimum absolute atomic E-state index is 0.0318. The molecule has 4 nitrogen and oxygen atoms in total. The molecule has 3 aromatic carbocycles. The Morgan fingerprint density at radius 2 is 1.64 bits per heavy atom. The zero-order chi connectivity index (χ0) is 25.9. The molecule has 0 saturated heterocycles. The van der Waals surface area contributed by atoms with Crippen LogP contribution in [0.15, 0.2) is 78.9 Å². The van der Waals surface area contributed by atoms with Gasteiger partial charge in [0.2, 0.25) is 11.8 Å². The first kappa shape index (κ1) is 27.8. The number of benzene rings is 3. The van der Waals surface area contributed by atoms with E-state index in [0.717, 1.165) is 28.7 Å². The summed E-state index contributed by atoms with van der Waals surface area (Å²) >= 11 is 7.65. The quantitative estimate of drug-likeness (QED) is 0.298. The van der Waals surface area contributed by atoms with Crippen molar-refractivity contribution < 1.29 is 9.59 Å². The van der Waals surface area contributed by atoms with E-state index in [-0.39, 0.29) is 23.6 Å². The van der Waals surface area contributed by atoms with E-state index in [1.165, 1.54) is 11.8 Å². The molecule has 2 unspecified atom stereocenters. The van der Waals surface area contributed by atoms with Crippen LogP contribution in [0, 0.1) is 6.92 Å². The topological polar surface area (TPSA) is 49.4 Å². The van der Waals surface area contributed by atoms with Crippen LogP contribution < -0.4 is 5.32 Å². The largest absolute Gasteiger partial charge is 0.352 e. The van der Waals surface area contributed by atoms with E-state index in [1.807, 2.05) is 99.6 Å². The highest BCUT2D eigenvalue weighted by atomic mass is 35.5. The normalized spacial score (nSPS) is 12.6. The molecule has 36 heavy (non-hydrogen) atoms. The first-order valence-corrected chi connectivity index (χ1v) is 13.9. The fourth-order valence-electron chi connectivity index (χ4n) is 3.85. The van der Waals surface area contributed by atoms with Crippen molar-refractivity contribution in [3.63, 3.8) is 0 Å². The number of nitrogens with one attached hydrogen (secondary N) is 1. The Bertz CT molecular complexity index is 1120. The summed E-state index contributed by atoms with van der Waals surface area (Å²) in [4.78, 5) is 28.9. The van der Waals surface area contributed by atoms with Crippen molar-refractivity contribution >= 4 is 35.2 Å². The van der Waals surface area contributed by atoms with Crippen LogP contribution in [0.4, 0.5) is 0 Å². The van der Waals surface area contributed by atoms with Gasteiger partial charge in [0.25, 0.3) is 0 Å². The number of thioether (sulfide) groups is 1. The van der Waals surface area contributed by atoms with Gasteiger partial charge in [-0.1, -0.05) is 90.8 Å². The fourth-order valence-corrected chi connectivity index (χ4v) is 4.92. The lowest BCUT2D eigenvalue weighted by molar-refractivity contribution is -0.139. The highest BCUT2D eigenvalue weighted by Crippen LogP contribution is 2.20. The summed E-state index contributed by atoms with van der Waals surface area (Å²) in [5, 5.41) is 3.80. The van der Waals surface area contributed by atoms with Crippen LogP contribution in [0.5, 0.6) is 0 Å². The van der Waals surface area contributed by atoms with Crippen molar-refractivity contribution in [2.24, 2.45) is 0 Å². The summed E-state index contributed by atoms with van der Waals surface area (Å²) in [6.45, 7) is 6.45. The second kappa shape index (κ2) is 14.1. The lowest BCUT2D eigenvalue weighted by atomic mass is 10.0. The molecule has 0 fully saturated rings. The Kier molecular flexibility index (Phi) is 10.9. The van der Waals surface area contributed by atoms with E-state index in [0.29, 0.717) is 23.7 Å². The van der Waals surface area contributed by atoms with Crippen LogP contribution in [0.25, 0.3) is 0 Å². The van der Waals surface area contributed by atoms with E-state index in [4.69, 9.17) is 11.6 Å². The second-order valence-electron chi connectivity index (χ2n) is 9.15. The van der Waals surface area contributed by atoms with Gasteiger partial charge in [0.15, 0.2) is 0 Å². The summed E-state index contributed by atoms with van der Waals surface area (Å²) < 4.78 is 0. The van der Waals surface area contributed by atoms with Crippen molar-refractivity contribution in [2.75, 3.05) is 5.75 Å². The Balaban J connectivity index is 1.85. The molecule has 1 N–H and O–H groups in total. The monoisotopic (exact) mass is 522 g/mol. The van der Waals surface area contributed by atoms with Crippen LogP contribution >= 0.6 is 23.4 Å². The minimum atomic E-state index is -0.609. The van der Waals surface area contributed by atoms with Crippen molar-refractivity contribution in [2.45, 2.75) is 58.0 Å². The van der Waals surface area contributed by atoms with Gasteiger partial charge in [-0.05, 0) is 49.1 Å². The molecule has 0 aliphatic carbocycles. The molecule has 0 radical (unpaired) electrons. The van der Waals surface area contributed by atoms with Crippen LogP contribution in [0.1, 0.15) is 42.5 Å². The van der Waals surface area contributed by atoms with Gasteiger partial charge in [0.1, 0.15) is 6.04 Å². The number of hydrogen-bond acceptors (Lipinski definition) is 3. The van der Waals surface area contributed by atoms with E-state index >= 15 is 0 Å². The zero-order valence-corrected chi connectivity index (χ0v) is 22.8. The first-order chi connectivity index (χ1) is 17.4. The number of aryl methyl sites for hydroxylation is 1. The predicted molar refractivity (Wildman–Crippen MR) is 151 cm³/mol. The first-order valence-electron chi connectivity index (χ1n) is 12.4. The molecule has 2 atom stereocenters. The number of carbonyl (C=O) groups excluding carboxylic acids is 2. The number of carbonyl (C=O) groups is 2. The highest BCUT2D eigenvalue weighted by molar-refractivity contribution is 7.99. The number of rotatable bonds is 12. The average Bonchev–Trinajstić information content (AvgIpc) is 2.87. The number of hydrogen-bond donors (Lipinski definition) is 1. The Hall–Kier alpha value is -2.76. The standard InChI is InChI=1S/C30H35ClN2O2S/c1-4-23(3)32-30(35)28(18-24-9-6-5-7-10-24)33(19-25-15-13-22(2)14-16-25)29(34)21-36-20-26-11-8-12-27(31)17-26/h5-17,23,28H,4,18-21H2,1-3H3,(H,32,35). The van der Waals surface area contributed by atoms with Crippen LogP contribution in [0.3, 0.4) is 0 Å². The van der Waals surface area contributed by atoms with E-state index in [9.17, 15) is 9.59 Å². The summed E-state index contributed by atoms with van der Waals surface area (Å²) in [6.07, 6.45) is 1.28. The van der Waals surface area contributed by atoms with E-state index < -0.39 is 6.04 Å². The molecule has 190 valence electrons. The molecule has 3 aromatic rings. The summed E-state index contributed by atoms with van der Waals surface area (Å²) in [7, 11) is 0. The van der Waals surface area contributed by atoms with Gasteiger partial charge >= 0.3 is 0 Å². The van der Waals surface area contributed by atoms with Gasteiger partial charge in [-0.25, -0.2) is 0 Å². The second-order valence-corrected chi connectivity index (χ2v) is 10.6. The maximum atomic E-state index is 13.7. The lowest BCUT2D eigenvalue weighted by Crippen LogP contribution is -2.52. The molecule has 3 rings (SSSR count). The van der Waals surface area contributed by atoms with Crippen LogP contribution in [0.2, 0.25) is 5.02 Å². The lowest BCUT2D eigenvalue weighted by Gasteiger charge is -2.32. The third-order valence-corrected chi connectivity index (χ3v) is 7.35. The van der Waals surface area contributed by atoms with Gasteiger partial charge in [-0.2, -0.15) is 0 Å². The highest BCUT2D eigenvalue weighted by Gasteiger charge is 2.30. The molecule has 0 spiro atoms. The Labute approximate surface area is 224 Å². The molecular formula is C30H35ClN2O2S. The zero-order valence-electron chi connectivity index (χ0n) is 21.2. The number of amides is 2. The molecular weight excluding hydrogens is 488 g/mol. The van der Waals surface area contributed by atoms with Gasteiger partial charge in [-0.3, -0.25) is 9.59 Å². The molecule has 0 heterocycles. The predicted octanol–water partition coefficient (Wildman–Crippen LogP) is 6.44. The van der Waals surface area contributed by atoms with Gasteiger partial charge in [-0.15, -0.1) is 11.8 Å². The number of halogens is 1. The van der Waals surface area contributed by atoms with Gasteiger partial charge in [0.05, 0.1) is 5.75 Å². The smallest absolute Gasteiger partial charge is 0.243 e. The fraction of sp³-hybridized carbons (Fsp3) is 0.333. The SMILES string of the molecule is CCC(C)NC(=O)C(Cc1ccccc1)N(Cc1ccc(C)cc1)C(=O)CSCc1cccc(Cl)c1. The molecule has 6 heteroatoms. The maximum Gasteiger partial charge on any atom is 0.243 e. The van der Waals surface area contributed by atoms with Crippen molar-refractivity contribution in [1.82, 2.24) is 10.2 Å². The molecule has 0 saturated carbocycles. The summed E-state index contributed by atoms with van der Waals surface area (Å²) in [5.74, 6) is 0.782. The van der Waals surface area contributed by atoms with Gasteiger partial charge < -0.3 is 10.2 Å². The number of nitrogens with zero attached hydrogens (tertiary/aromatic N) is 1. The molecule has 0 bridgehead atoms. The van der Waals surface area contributed by atoms with E-state index in [1.54, 1.807) is 4.90 Å². The average molecular weight is 523 g/mol. The Morgan fingerprint density at radius 3 is 2.31 bits per heavy atom. The minimum Gasteiger partial charge on any atom is -0.352 e. The third kappa shape index (κ3) is 8.72. The van der Waals surface area contributed by atoms with Crippen molar-refractivity contribution in [1.29, 1.82) is 0 Å². The van der Waals surface area contributed by atoms with E-state index in [2.05, 4.69) is 5.32 Å². The summed E-state index contributed by atoms with van der Waals surface area (Å²) in [6, 6.07) is 25.1.